The summed E-state index contributed by atoms with van der Waals surface area (Å²) in [6, 6.07) is 17.5. The summed E-state index contributed by atoms with van der Waals surface area (Å²) in [5.41, 5.74) is 2.89. The van der Waals surface area contributed by atoms with Crippen molar-refractivity contribution in [3.8, 4) is 5.69 Å². The van der Waals surface area contributed by atoms with E-state index in [1.807, 2.05) is 59.6 Å². The van der Waals surface area contributed by atoms with Crippen LogP contribution in [0, 0.1) is 0 Å². The third-order valence-corrected chi connectivity index (χ3v) is 5.87. The number of ether oxygens (including phenoxy) is 1. The summed E-state index contributed by atoms with van der Waals surface area (Å²) in [6.07, 6.45) is 3.77. The lowest BCUT2D eigenvalue weighted by Gasteiger charge is -2.28. The molecule has 0 radical (unpaired) electrons. The van der Waals surface area contributed by atoms with Crippen LogP contribution in [0.4, 0.5) is 0 Å². The van der Waals surface area contributed by atoms with Crippen LogP contribution in [0.5, 0.6) is 0 Å². The normalized spacial score (nSPS) is 18.3. The number of rotatable bonds is 6. The van der Waals surface area contributed by atoms with Gasteiger partial charge in [0, 0.05) is 28.2 Å². The van der Waals surface area contributed by atoms with E-state index in [9.17, 15) is 4.79 Å². The van der Waals surface area contributed by atoms with E-state index in [1.165, 1.54) is 0 Å². The van der Waals surface area contributed by atoms with Crippen LogP contribution in [0.3, 0.4) is 0 Å². The van der Waals surface area contributed by atoms with Crippen LogP contribution in [0.1, 0.15) is 30.4 Å². The van der Waals surface area contributed by atoms with Gasteiger partial charge in [0.15, 0.2) is 5.11 Å². The van der Waals surface area contributed by atoms with E-state index in [2.05, 4.69) is 36.9 Å². The predicted octanol–water partition coefficient (Wildman–Crippen LogP) is 4.17. The molecule has 8 heteroatoms. The van der Waals surface area contributed by atoms with Gasteiger partial charge >= 0.3 is 5.97 Å². The molecule has 0 saturated carbocycles. The fourth-order valence-electron chi connectivity index (χ4n) is 3.72. The topological polar surface area (TPSA) is 59.4 Å². The SMILES string of the molecule is CCOC(=O)CN1C(=S)N[C@@H](c2ccccn2)[C@H]1c1cccn1-c1ccc(Br)cc1. The van der Waals surface area contributed by atoms with Gasteiger partial charge in [0.2, 0.25) is 0 Å². The molecule has 2 atom stereocenters. The molecule has 1 aliphatic rings. The first-order valence-corrected chi connectivity index (χ1v) is 10.9. The molecule has 4 rings (SSSR count). The highest BCUT2D eigenvalue weighted by Gasteiger charge is 2.42. The number of hydrogen-bond acceptors (Lipinski definition) is 4. The highest BCUT2D eigenvalue weighted by molar-refractivity contribution is 9.10. The smallest absolute Gasteiger partial charge is 0.325 e. The van der Waals surface area contributed by atoms with E-state index in [1.54, 1.807) is 13.1 Å². The summed E-state index contributed by atoms with van der Waals surface area (Å²) in [6.45, 7) is 2.20. The van der Waals surface area contributed by atoms with E-state index in [4.69, 9.17) is 17.0 Å². The molecule has 0 bridgehead atoms. The number of nitrogens with zero attached hydrogens (tertiary/aromatic N) is 3. The quantitative estimate of drug-likeness (QED) is 0.418. The number of benzene rings is 1. The molecule has 1 fully saturated rings. The van der Waals surface area contributed by atoms with Crippen molar-refractivity contribution in [1.29, 1.82) is 0 Å². The Morgan fingerprint density at radius 2 is 2.00 bits per heavy atom. The Morgan fingerprint density at radius 3 is 2.70 bits per heavy atom. The minimum Gasteiger partial charge on any atom is -0.465 e. The molecule has 2 aromatic heterocycles. The zero-order chi connectivity index (χ0) is 21.1. The molecule has 1 aromatic carbocycles. The van der Waals surface area contributed by atoms with Crippen molar-refractivity contribution in [1.82, 2.24) is 19.8 Å². The molecule has 0 unspecified atom stereocenters. The maximum atomic E-state index is 12.3. The Kier molecular flexibility index (Phi) is 6.15. The van der Waals surface area contributed by atoms with E-state index in [0.29, 0.717) is 11.7 Å². The number of aromatic nitrogens is 2. The number of hydrogen-bond donors (Lipinski definition) is 1. The van der Waals surface area contributed by atoms with Crippen LogP contribution < -0.4 is 5.32 Å². The van der Waals surface area contributed by atoms with Crippen LogP contribution in [0.25, 0.3) is 5.69 Å². The molecule has 1 aliphatic heterocycles. The molecule has 1 N–H and O–H groups in total. The third-order valence-electron chi connectivity index (χ3n) is 4.99. The molecule has 3 heterocycles. The predicted molar refractivity (Wildman–Crippen MR) is 122 cm³/mol. The minimum absolute atomic E-state index is 0.0686. The van der Waals surface area contributed by atoms with Crippen molar-refractivity contribution in [2.75, 3.05) is 13.2 Å². The van der Waals surface area contributed by atoms with Gasteiger partial charge in [0.05, 0.1) is 24.4 Å². The van der Waals surface area contributed by atoms with Crippen LogP contribution in [0.15, 0.2) is 71.5 Å². The largest absolute Gasteiger partial charge is 0.465 e. The maximum absolute atomic E-state index is 12.3. The first-order chi connectivity index (χ1) is 14.6. The second-order valence-electron chi connectivity index (χ2n) is 6.84. The second kappa shape index (κ2) is 8.97. The van der Waals surface area contributed by atoms with Crippen molar-refractivity contribution in [2.24, 2.45) is 0 Å². The van der Waals surface area contributed by atoms with Gasteiger partial charge in [-0.15, -0.1) is 0 Å². The molecule has 154 valence electrons. The van der Waals surface area contributed by atoms with Crippen molar-refractivity contribution in [2.45, 2.75) is 19.0 Å². The highest BCUT2D eigenvalue weighted by atomic mass is 79.9. The van der Waals surface area contributed by atoms with Gasteiger partial charge in [-0.25, -0.2) is 0 Å². The Labute approximate surface area is 189 Å². The summed E-state index contributed by atoms with van der Waals surface area (Å²) < 4.78 is 8.32. The second-order valence-corrected chi connectivity index (χ2v) is 8.14. The number of pyridine rings is 1. The summed E-state index contributed by atoms with van der Waals surface area (Å²) >= 11 is 9.10. The van der Waals surface area contributed by atoms with Crippen LogP contribution >= 0.6 is 28.1 Å². The maximum Gasteiger partial charge on any atom is 0.325 e. The average molecular weight is 485 g/mol. The van der Waals surface area contributed by atoms with Gasteiger partial charge in [-0.2, -0.15) is 0 Å². The third kappa shape index (κ3) is 4.11. The number of thiocarbonyl (C=S) groups is 1. The Bertz CT molecular complexity index is 1040. The lowest BCUT2D eigenvalue weighted by atomic mass is 10.0. The Morgan fingerprint density at radius 1 is 1.20 bits per heavy atom. The van der Waals surface area contributed by atoms with Crippen molar-refractivity contribution in [3.05, 3.63) is 82.9 Å². The lowest BCUT2D eigenvalue weighted by molar-refractivity contribution is -0.143. The molecule has 0 amide bonds. The van der Waals surface area contributed by atoms with Gasteiger partial charge < -0.3 is 19.5 Å². The van der Waals surface area contributed by atoms with E-state index in [0.717, 1.165) is 21.5 Å². The first kappa shape index (κ1) is 20.6. The van der Waals surface area contributed by atoms with Crippen molar-refractivity contribution < 1.29 is 9.53 Å². The molecule has 0 aliphatic carbocycles. The van der Waals surface area contributed by atoms with E-state index < -0.39 is 0 Å². The Hall–Kier alpha value is -2.71. The number of carbonyl (C=O) groups excluding carboxylic acids is 1. The van der Waals surface area contributed by atoms with Gasteiger partial charge in [0.1, 0.15) is 6.54 Å². The van der Waals surface area contributed by atoms with E-state index >= 15 is 0 Å². The fourth-order valence-corrected chi connectivity index (χ4v) is 4.28. The zero-order valence-corrected chi connectivity index (χ0v) is 18.8. The summed E-state index contributed by atoms with van der Waals surface area (Å²) in [7, 11) is 0. The molecule has 30 heavy (non-hydrogen) atoms. The number of nitrogens with one attached hydrogen (secondary N) is 1. The summed E-state index contributed by atoms with van der Waals surface area (Å²) in [5.74, 6) is -0.310. The Balaban J connectivity index is 1.77. The monoisotopic (exact) mass is 484 g/mol. The minimum atomic E-state index is -0.310. The molecule has 3 aromatic rings. The lowest BCUT2D eigenvalue weighted by Crippen LogP contribution is -2.36. The number of carbonyl (C=O) groups is 1. The average Bonchev–Trinajstić information content (AvgIpc) is 3.34. The zero-order valence-electron chi connectivity index (χ0n) is 16.4. The van der Waals surface area contributed by atoms with Crippen LogP contribution in [-0.4, -0.2) is 38.7 Å². The van der Waals surface area contributed by atoms with Gasteiger partial charge in [-0.3, -0.25) is 9.78 Å². The van der Waals surface area contributed by atoms with Gasteiger partial charge in [0.25, 0.3) is 0 Å². The number of esters is 1. The van der Waals surface area contributed by atoms with Crippen LogP contribution in [0.2, 0.25) is 0 Å². The standard InChI is InChI=1S/C22H21BrN4O2S/c1-2-29-19(28)14-27-21(20(25-22(27)30)17-6-3-4-12-24-17)18-7-5-13-26(18)16-10-8-15(23)9-11-16/h3-13,20-21H,2,14H2,1H3,(H,25,30)/t20-,21+/m0/s1. The molecule has 0 spiro atoms. The fraction of sp³-hybridized carbons (Fsp3) is 0.227. The molecule has 1 saturated heterocycles. The molecular weight excluding hydrogens is 464 g/mol. The molecular formula is C22H21BrN4O2S. The summed E-state index contributed by atoms with van der Waals surface area (Å²) in [5, 5.41) is 3.87. The van der Waals surface area contributed by atoms with Crippen molar-refractivity contribution >= 4 is 39.2 Å². The van der Waals surface area contributed by atoms with Crippen molar-refractivity contribution in [3.63, 3.8) is 0 Å². The van der Waals surface area contributed by atoms with Gasteiger partial charge in [-0.1, -0.05) is 22.0 Å². The first-order valence-electron chi connectivity index (χ1n) is 9.65. The van der Waals surface area contributed by atoms with Gasteiger partial charge in [-0.05, 0) is 67.7 Å². The molecule has 6 nitrogen and oxygen atoms in total. The van der Waals surface area contributed by atoms with E-state index in [-0.39, 0.29) is 24.6 Å². The highest BCUT2D eigenvalue weighted by Crippen LogP contribution is 2.39. The van der Waals surface area contributed by atoms with Crippen LogP contribution in [-0.2, 0) is 9.53 Å². The summed E-state index contributed by atoms with van der Waals surface area (Å²) in [4.78, 5) is 18.7. The number of halogens is 1.